The Hall–Kier alpha value is -2.47. The molecule has 1 aliphatic rings. The molecule has 6 heteroatoms. The number of benzene rings is 2. The lowest BCUT2D eigenvalue weighted by Gasteiger charge is -2.18. The van der Waals surface area contributed by atoms with Crippen LogP contribution in [-0.2, 0) is 0 Å². The number of hydrogen-bond donors (Lipinski definition) is 2. The fraction of sp³-hybridized carbons (Fsp3) is 0.364. The summed E-state index contributed by atoms with van der Waals surface area (Å²) in [5, 5.41) is 5.81. The third kappa shape index (κ3) is 4.87. The Morgan fingerprint density at radius 2 is 1.82 bits per heavy atom. The van der Waals surface area contributed by atoms with Crippen molar-refractivity contribution in [3.8, 4) is 0 Å². The molecule has 0 aliphatic carbocycles. The molecule has 3 amide bonds. The molecular weight excluding hydrogens is 370 g/mol. The minimum atomic E-state index is -0.195. The third-order valence-corrected chi connectivity index (χ3v) is 5.91. The van der Waals surface area contributed by atoms with Crippen molar-refractivity contribution in [1.29, 1.82) is 0 Å². The van der Waals surface area contributed by atoms with Crippen molar-refractivity contribution < 1.29 is 9.59 Å². The Bertz CT molecular complexity index is 853. The summed E-state index contributed by atoms with van der Waals surface area (Å²) in [5.74, 6) is -0.0247. The molecule has 0 aromatic heterocycles. The average molecular weight is 398 g/mol. The van der Waals surface area contributed by atoms with E-state index >= 15 is 0 Å². The Kier molecular flexibility index (Phi) is 6.98. The highest BCUT2D eigenvalue weighted by Crippen LogP contribution is 2.41. The van der Waals surface area contributed by atoms with Gasteiger partial charge in [0.25, 0.3) is 5.91 Å². The molecular formula is C22H27N3O2S. The van der Waals surface area contributed by atoms with Gasteiger partial charge in [-0.1, -0.05) is 56.5 Å². The number of unbranched alkanes of at least 4 members (excludes halogenated alkanes) is 4. The Morgan fingerprint density at radius 1 is 1.04 bits per heavy atom. The fourth-order valence-corrected chi connectivity index (χ4v) is 4.34. The van der Waals surface area contributed by atoms with E-state index in [1.54, 1.807) is 23.7 Å². The van der Waals surface area contributed by atoms with Gasteiger partial charge < -0.3 is 15.5 Å². The molecule has 0 spiro atoms. The monoisotopic (exact) mass is 397 g/mol. The van der Waals surface area contributed by atoms with Crippen molar-refractivity contribution in [2.24, 2.45) is 0 Å². The molecule has 0 saturated heterocycles. The molecule has 0 fully saturated rings. The maximum atomic E-state index is 12.7. The topological polar surface area (TPSA) is 61.4 Å². The van der Waals surface area contributed by atoms with Crippen LogP contribution in [0.25, 0.3) is 0 Å². The van der Waals surface area contributed by atoms with E-state index in [0.717, 1.165) is 34.0 Å². The first-order chi connectivity index (χ1) is 13.6. The van der Waals surface area contributed by atoms with Crippen LogP contribution in [0.15, 0.2) is 52.3 Å². The SMILES string of the molecule is CCCCCCCNC(=O)Nc1ccc2c(c1)Sc1ccccc1C(=O)N2C. The van der Waals surface area contributed by atoms with Crippen LogP contribution in [0.2, 0.25) is 0 Å². The summed E-state index contributed by atoms with van der Waals surface area (Å²) in [7, 11) is 1.78. The predicted molar refractivity (Wildman–Crippen MR) is 116 cm³/mol. The molecule has 1 heterocycles. The summed E-state index contributed by atoms with van der Waals surface area (Å²) in [4.78, 5) is 28.4. The minimum absolute atomic E-state index is 0.0247. The molecule has 0 bridgehead atoms. The van der Waals surface area contributed by atoms with Gasteiger partial charge in [0.05, 0.1) is 11.3 Å². The van der Waals surface area contributed by atoms with Crippen LogP contribution in [0.4, 0.5) is 16.2 Å². The van der Waals surface area contributed by atoms with Crippen molar-refractivity contribution in [2.45, 2.75) is 48.8 Å². The zero-order valence-electron chi connectivity index (χ0n) is 16.5. The quantitative estimate of drug-likeness (QED) is 0.605. The summed E-state index contributed by atoms with van der Waals surface area (Å²) < 4.78 is 0. The number of fused-ring (bicyclic) bond motifs is 2. The van der Waals surface area contributed by atoms with Crippen molar-refractivity contribution in [2.75, 3.05) is 23.8 Å². The molecule has 2 aromatic carbocycles. The Balaban J connectivity index is 1.65. The van der Waals surface area contributed by atoms with Gasteiger partial charge in [0.2, 0.25) is 0 Å². The zero-order chi connectivity index (χ0) is 19.9. The molecule has 0 radical (unpaired) electrons. The number of rotatable bonds is 7. The standard InChI is InChI=1S/C22H27N3O2S/c1-3-4-5-6-9-14-23-22(27)24-16-12-13-18-20(15-16)28-19-11-8-7-10-17(19)21(26)25(18)2/h7-8,10-13,15H,3-6,9,14H2,1-2H3,(H2,23,24,27). The van der Waals surface area contributed by atoms with Gasteiger partial charge in [-0.2, -0.15) is 0 Å². The van der Waals surface area contributed by atoms with E-state index in [0.29, 0.717) is 12.1 Å². The van der Waals surface area contributed by atoms with Crippen LogP contribution in [0.1, 0.15) is 49.4 Å². The van der Waals surface area contributed by atoms with Crippen LogP contribution < -0.4 is 15.5 Å². The van der Waals surface area contributed by atoms with E-state index in [9.17, 15) is 9.59 Å². The van der Waals surface area contributed by atoms with Gasteiger partial charge in [0.15, 0.2) is 0 Å². The van der Waals surface area contributed by atoms with Gasteiger partial charge in [-0.15, -0.1) is 0 Å². The number of nitrogens with one attached hydrogen (secondary N) is 2. The molecule has 1 aliphatic heterocycles. The largest absolute Gasteiger partial charge is 0.338 e. The number of urea groups is 1. The first-order valence-electron chi connectivity index (χ1n) is 9.84. The van der Waals surface area contributed by atoms with Gasteiger partial charge in [0, 0.05) is 29.1 Å². The van der Waals surface area contributed by atoms with E-state index in [4.69, 9.17) is 0 Å². The fourth-order valence-electron chi connectivity index (χ4n) is 3.20. The number of hydrogen-bond acceptors (Lipinski definition) is 3. The van der Waals surface area contributed by atoms with Gasteiger partial charge >= 0.3 is 6.03 Å². The highest BCUT2D eigenvalue weighted by Gasteiger charge is 2.24. The summed E-state index contributed by atoms with van der Waals surface area (Å²) in [6.07, 6.45) is 5.82. The summed E-state index contributed by atoms with van der Waals surface area (Å²) in [6.45, 7) is 2.87. The first kappa shape index (κ1) is 20.3. The van der Waals surface area contributed by atoms with E-state index in [2.05, 4.69) is 17.6 Å². The van der Waals surface area contributed by atoms with Crippen LogP contribution in [-0.4, -0.2) is 25.5 Å². The second-order valence-corrected chi connectivity index (χ2v) is 8.02. The van der Waals surface area contributed by atoms with Crippen molar-refractivity contribution >= 4 is 35.1 Å². The molecule has 0 unspecified atom stereocenters. The van der Waals surface area contributed by atoms with E-state index in [1.807, 2.05) is 42.5 Å². The molecule has 2 aromatic rings. The summed E-state index contributed by atoms with van der Waals surface area (Å²) >= 11 is 1.55. The number of carbonyl (C=O) groups is 2. The Labute approximate surface area is 170 Å². The number of anilines is 2. The van der Waals surface area contributed by atoms with Gasteiger partial charge in [-0.05, 0) is 36.8 Å². The van der Waals surface area contributed by atoms with Crippen LogP contribution in [0.5, 0.6) is 0 Å². The minimum Gasteiger partial charge on any atom is -0.338 e. The van der Waals surface area contributed by atoms with Crippen LogP contribution >= 0.6 is 11.8 Å². The normalized spacial score (nSPS) is 12.8. The second kappa shape index (κ2) is 9.64. The van der Waals surface area contributed by atoms with Crippen LogP contribution in [0.3, 0.4) is 0 Å². The molecule has 5 nitrogen and oxygen atoms in total. The predicted octanol–water partition coefficient (Wildman–Crippen LogP) is 5.52. The van der Waals surface area contributed by atoms with Crippen molar-refractivity contribution in [1.82, 2.24) is 5.32 Å². The van der Waals surface area contributed by atoms with Gasteiger partial charge in [-0.3, -0.25) is 4.79 Å². The molecule has 2 N–H and O–H groups in total. The van der Waals surface area contributed by atoms with E-state index in [1.165, 1.54) is 19.3 Å². The zero-order valence-corrected chi connectivity index (χ0v) is 17.3. The van der Waals surface area contributed by atoms with Crippen molar-refractivity contribution in [3.63, 3.8) is 0 Å². The molecule has 148 valence electrons. The molecule has 0 saturated carbocycles. The van der Waals surface area contributed by atoms with Crippen molar-refractivity contribution in [3.05, 3.63) is 48.0 Å². The van der Waals surface area contributed by atoms with Gasteiger partial charge in [-0.25, -0.2) is 4.79 Å². The smallest absolute Gasteiger partial charge is 0.319 e. The number of amides is 3. The summed E-state index contributed by atoms with van der Waals surface area (Å²) in [6, 6.07) is 13.0. The second-order valence-electron chi connectivity index (χ2n) is 6.94. The molecule has 3 rings (SSSR count). The number of carbonyl (C=O) groups excluding carboxylic acids is 2. The highest BCUT2D eigenvalue weighted by atomic mass is 32.2. The first-order valence-corrected chi connectivity index (χ1v) is 10.7. The van der Waals surface area contributed by atoms with E-state index in [-0.39, 0.29) is 11.9 Å². The van der Waals surface area contributed by atoms with Gasteiger partial charge in [0.1, 0.15) is 0 Å². The maximum absolute atomic E-state index is 12.7. The Morgan fingerprint density at radius 3 is 2.64 bits per heavy atom. The molecule has 0 atom stereocenters. The lowest BCUT2D eigenvalue weighted by molar-refractivity contribution is 0.0990. The van der Waals surface area contributed by atoms with E-state index < -0.39 is 0 Å². The third-order valence-electron chi connectivity index (χ3n) is 4.79. The lowest BCUT2D eigenvalue weighted by Crippen LogP contribution is -2.29. The molecule has 28 heavy (non-hydrogen) atoms. The highest BCUT2D eigenvalue weighted by molar-refractivity contribution is 7.99. The lowest BCUT2D eigenvalue weighted by atomic mass is 10.1. The average Bonchev–Trinajstić information content (AvgIpc) is 2.80. The summed E-state index contributed by atoms with van der Waals surface area (Å²) in [5.41, 5.74) is 2.25. The number of nitrogens with zero attached hydrogens (tertiary/aromatic N) is 1. The van der Waals surface area contributed by atoms with Crippen LogP contribution in [0, 0.1) is 0 Å². The maximum Gasteiger partial charge on any atom is 0.319 e.